The monoisotopic (exact) mass is 621 g/mol. The molecular formula is C28H35N3O13. The highest BCUT2D eigenvalue weighted by molar-refractivity contribution is 6.12. The van der Waals surface area contributed by atoms with Crippen molar-refractivity contribution in [1.29, 1.82) is 0 Å². The van der Waals surface area contributed by atoms with Crippen LogP contribution in [0.5, 0.6) is 5.75 Å². The van der Waals surface area contributed by atoms with Crippen LogP contribution in [0.3, 0.4) is 0 Å². The molecule has 240 valence electrons. The molecule has 1 fully saturated rings. The average Bonchev–Trinajstić information content (AvgIpc) is 3.30. The van der Waals surface area contributed by atoms with Crippen LogP contribution in [0.4, 0.5) is 0 Å². The van der Waals surface area contributed by atoms with E-state index in [2.05, 4.69) is 10.6 Å². The summed E-state index contributed by atoms with van der Waals surface area (Å²) in [5, 5.41) is 44.8. The Morgan fingerprint density at radius 3 is 2.27 bits per heavy atom. The summed E-state index contributed by atoms with van der Waals surface area (Å²) in [6.45, 7) is 1.38. The van der Waals surface area contributed by atoms with Gasteiger partial charge in [-0.1, -0.05) is 12.5 Å². The minimum absolute atomic E-state index is 0.00107. The Balaban J connectivity index is 1.53. The van der Waals surface area contributed by atoms with E-state index in [1.54, 1.807) is 0 Å². The number of carboxylic acid groups (broad SMARTS) is 1. The van der Waals surface area contributed by atoms with Gasteiger partial charge in [0.25, 0.3) is 17.7 Å². The number of aliphatic hydroxyl groups excluding tert-OH is 3. The molecule has 1 aromatic rings. The van der Waals surface area contributed by atoms with Gasteiger partial charge in [0.15, 0.2) is 6.10 Å². The van der Waals surface area contributed by atoms with Crippen molar-refractivity contribution in [2.24, 2.45) is 0 Å². The number of hydrogen-bond acceptors (Lipinski definition) is 12. The standard InChI is InChI=1S/C28H35N3O13/c1-15(32)42-14-16-6-7-18(43-28-24(38)22(36)23(37)25(44-28)27(40)41)17(13-16)26(39)30-11-10-29-19(33)5-3-2-4-12-31-20(34)8-9-21(31)35/h6-9,13,22-25,28,36-38H,2-5,10-12,14H2,1H3,(H,29,33)(H,30,39)(H,40,41)/t22-,23-,24+,25-,28+/m0/s1. The number of nitrogens with zero attached hydrogens (tertiary/aromatic N) is 1. The maximum Gasteiger partial charge on any atom is 0.335 e. The Hall–Kier alpha value is -4.38. The maximum atomic E-state index is 13.1. The van der Waals surface area contributed by atoms with Gasteiger partial charge in [-0.25, -0.2) is 4.79 Å². The topological polar surface area (TPSA) is 238 Å². The smallest absolute Gasteiger partial charge is 0.335 e. The highest BCUT2D eigenvalue weighted by Gasteiger charge is 2.48. The number of carbonyl (C=O) groups excluding carboxylic acids is 5. The normalized spacial score (nSPS) is 22.9. The van der Waals surface area contributed by atoms with Crippen molar-refractivity contribution >= 4 is 35.6 Å². The number of ether oxygens (including phenoxy) is 3. The van der Waals surface area contributed by atoms with Crippen LogP contribution in [0.2, 0.25) is 0 Å². The minimum Gasteiger partial charge on any atom is -0.479 e. The van der Waals surface area contributed by atoms with Crippen molar-refractivity contribution in [3.8, 4) is 5.75 Å². The number of aliphatic hydroxyl groups is 3. The van der Waals surface area contributed by atoms with E-state index in [9.17, 15) is 49.2 Å². The van der Waals surface area contributed by atoms with Gasteiger partial charge in [-0.2, -0.15) is 0 Å². The number of unbranched alkanes of at least 4 members (excludes halogenated alkanes) is 2. The molecule has 5 atom stereocenters. The molecule has 2 aliphatic rings. The number of imide groups is 1. The van der Waals surface area contributed by atoms with Crippen molar-refractivity contribution in [2.75, 3.05) is 19.6 Å². The summed E-state index contributed by atoms with van der Waals surface area (Å²) in [6.07, 6.45) is -5.07. The molecule has 0 saturated carbocycles. The Bertz CT molecular complexity index is 1270. The van der Waals surface area contributed by atoms with Crippen molar-refractivity contribution < 1.29 is 63.4 Å². The van der Waals surface area contributed by atoms with E-state index in [0.29, 0.717) is 24.8 Å². The van der Waals surface area contributed by atoms with Gasteiger partial charge < -0.3 is 45.3 Å². The van der Waals surface area contributed by atoms with Gasteiger partial charge in [0.1, 0.15) is 30.7 Å². The van der Waals surface area contributed by atoms with E-state index in [-0.39, 0.29) is 61.7 Å². The van der Waals surface area contributed by atoms with Crippen molar-refractivity contribution in [3.05, 3.63) is 41.5 Å². The molecule has 2 heterocycles. The Labute approximate surface area is 251 Å². The number of esters is 1. The zero-order valence-electron chi connectivity index (χ0n) is 23.8. The van der Waals surface area contributed by atoms with Gasteiger partial charge in [0.2, 0.25) is 12.2 Å². The number of aliphatic carboxylic acids is 1. The fraction of sp³-hybridized carbons (Fsp3) is 0.500. The fourth-order valence-corrected chi connectivity index (χ4v) is 4.35. The molecule has 2 aliphatic heterocycles. The summed E-state index contributed by atoms with van der Waals surface area (Å²) in [6, 6.07) is 4.08. The van der Waals surface area contributed by atoms with Gasteiger partial charge >= 0.3 is 11.9 Å². The zero-order valence-corrected chi connectivity index (χ0v) is 23.8. The lowest BCUT2D eigenvalue weighted by Gasteiger charge is -2.38. The second kappa shape index (κ2) is 15.9. The fourth-order valence-electron chi connectivity index (χ4n) is 4.35. The van der Waals surface area contributed by atoms with E-state index in [4.69, 9.17) is 14.2 Å². The zero-order chi connectivity index (χ0) is 32.4. The first-order valence-electron chi connectivity index (χ1n) is 13.8. The number of nitrogens with one attached hydrogen (secondary N) is 2. The summed E-state index contributed by atoms with van der Waals surface area (Å²) in [4.78, 5) is 72.1. The van der Waals surface area contributed by atoms with Crippen LogP contribution in [0.15, 0.2) is 30.4 Å². The predicted octanol–water partition coefficient (Wildman–Crippen LogP) is -1.65. The summed E-state index contributed by atoms with van der Waals surface area (Å²) in [5.41, 5.74) is 0.277. The third-order valence-corrected chi connectivity index (χ3v) is 6.71. The first-order chi connectivity index (χ1) is 20.9. The first kappa shape index (κ1) is 34.1. The quantitative estimate of drug-likeness (QED) is 0.0732. The third kappa shape index (κ3) is 9.31. The summed E-state index contributed by atoms with van der Waals surface area (Å²) >= 11 is 0. The largest absolute Gasteiger partial charge is 0.479 e. The lowest BCUT2D eigenvalue weighted by molar-refractivity contribution is -0.271. The van der Waals surface area contributed by atoms with E-state index in [1.807, 2.05) is 0 Å². The van der Waals surface area contributed by atoms with E-state index in [1.165, 1.54) is 37.3 Å². The van der Waals surface area contributed by atoms with Crippen LogP contribution in [0, 0.1) is 0 Å². The van der Waals surface area contributed by atoms with Crippen LogP contribution in [-0.2, 0) is 40.1 Å². The molecule has 6 N–H and O–H groups in total. The molecule has 3 rings (SSSR count). The number of amides is 4. The molecule has 1 saturated heterocycles. The van der Waals surface area contributed by atoms with E-state index in [0.717, 1.165) is 4.90 Å². The van der Waals surface area contributed by atoms with Crippen molar-refractivity contribution in [3.63, 3.8) is 0 Å². The van der Waals surface area contributed by atoms with Crippen LogP contribution < -0.4 is 15.4 Å². The first-order valence-corrected chi connectivity index (χ1v) is 13.8. The van der Waals surface area contributed by atoms with E-state index >= 15 is 0 Å². The molecule has 16 heteroatoms. The highest BCUT2D eigenvalue weighted by atomic mass is 16.7. The van der Waals surface area contributed by atoms with Gasteiger partial charge in [0.05, 0.1) is 5.56 Å². The third-order valence-electron chi connectivity index (χ3n) is 6.71. The van der Waals surface area contributed by atoms with Gasteiger partial charge in [-0.05, 0) is 30.5 Å². The molecule has 1 aromatic carbocycles. The molecule has 44 heavy (non-hydrogen) atoms. The van der Waals surface area contributed by atoms with Crippen LogP contribution >= 0.6 is 0 Å². The van der Waals surface area contributed by atoms with Crippen LogP contribution in [0.1, 0.15) is 48.5 Å². The molecular weight excluding hydrogens is 586 g/mol. The molecule has 0 radical (unpaired) electrons. The molecule has 0 aromatic heterocycles. The Morgan fingerprint density at radius 1 is 0.932 bits per heavy atom. The van der Waals surface area contributed by atoms with Crippen molar-refractivity contribution in [2.45, 2.75) is 69.9 Å². The second-order valence-electron chi connectivity index (χ2n) is 10.0. The SMILES string of the molecule is CC(=O)OCc1ccc(O[C@@H]2O[C@H](C(=O)O)[C@@H](O)[C@H](O)[C@H]2O)c(C(=O)NCCNC(=O)CCCCCN2C(=O)C=CC2=O)c1. The molecule has 16 nitrogen and oxygen atoms in total. The van der Waals surface area contributed by atoms with E-state index < -0.39 is 48.6 Å². The number of benzene rings is 1. The predicted molar refractivity (Wildman–Crippen MR) is 147 cm³/mol. The lowest BCUT2D eigenvalue weighted by atomic mass is 9.99. The number of carbonyl (C=O) groups is 6. The highest BCUT2D eigenvalue weighted by Crippen LogP contribution is 2.28. The van der Waals surface area contributed by atoms with Gasteiger partial charge in [-0.15, -0.1) is 0 Å². The number of carboxylic acids is 1. The minimum atomic E-state index is -1.93. The molecule has 4 amide bonds. The molecule has 0 spiro atoms. The van der Waals surface area contributed by atoms with Crippen LogP contribution in [0.25, 0.3) is 0 Å². The van der Waals surface area contributed by atoms with Gasteiger partial charge in [-0.3, -0.25) is 28.9 Å². The summed E-state index contributed by atoms with van der Waals surface area (Å²) < 4.78 is 15.7. The average molecular weight is 622 g/mol. The maximum absolute atomic E-state index is 13.1. The lowest BCUT2D eigenvalue weighted by Crippen LogP contribution is -2.61. The summed E-state index contributed by atoms with van der Waals surface area (Å²) in [7, 11) is 0. The van der Waals surface area contributed by atoms with Gasteiger partial charge in [0, 0.05) is 45.1 Å². The number of rotatable bonds is 15. The number of hydrogen-bond donors (Lipinski definition) is 6. The Kier molecular flexibility index (Phi) is 12.3. The molecule has 0 aliphatic carbocycles. The Morgan fingerprint density at radius 2 is 1.61 bits per heavy atom. The summed E-state index contributed by atoms with van der Waals surface area (Å²) in [5.74, 6) is -4.01. The molecule has 0 bridgehead atoms. The second-order valence-corrected chi connectivity index (χ2v) is 10.0. The molecule has 0 unspecified atom stereocenters. The van der Waals surface area contributed by atoms with Crippen molar-refractivity contribution in [1.82, 2.24) is 15.5 Å². The van der Waals surface area contributed by atoms with Crippen LogP contribution in [-0.4, -0.2) is 111 Å².